The molecule has 3 aromatic heterocycles. The van der Waals surface area contributed by atoms with Crippen molar-refractivity contribution in [3.63, 3.8) is 0 Å². The van der Waals surface area contributed by atoms with Crippen molar-refractivity contribution in [3.05, 3.63) is 56.4 Å². The van der Waals surface area contributed by atoms with Crippen LogP contribution in [-0.4, -0.2) is 19.5 Å². The van der Waals surface area contributed by atoms with Gasteiger partial charge in [-0.3, -0.25) is 9.36 Å². The first kappa shape index (κ1) is 18.8. The molecule has 5 nitrogen and oxygen atoms in total. The van der Waals surface area contributed by atoms with Crippen molar-refractivity contribution in [1.29, 1.82) is 0 Å². The molecule has 0 radical (unpaired) electrons. The van der Waals surface area contributed by atoms with Crippen LogP contribution in [0.15, 0.2) is 34.2 Å². The monoisotopic (exact) mass is 422 g/mol. The van der Waals surface area contributed by atoms with Crippen molar-refractivity contribution < 1.29 is 0 Å². The number of aryl methyl sites for hydroxylation is 2. The van der Waals surface area contributed by atoms with Gasteiger partial charge in [-0.25, -0.2) is 15.0 Å². The normalized spacial score (nSPS) is 16.4. The molecule has 0 spiro atoms. The molecule has 0 saturated heterocycles. The van der Waals surface area contributed by atoms with Crippen LogP contribution in [0.25, 0.3) is 21.3 Å². The minimum atomic E-state index is 0.0749. The first-order valence-electron chi connectivity index (χ1n) is 9.87. The average Bonchev–Trinajstić information content (AvgIpc) is 3.07. The van der Waals surface area contributed by atoms with Crippen molar-refractivity contribution in [2.24, 2.45) is 13.0 Å². The van der Waals surface area contributed by atoms with Crippen LogP contribution in [0.1, 0.15) is 35.2 Å². The summed E-state index contributed by atoms with van der Waals surface area (Å²) in [5.74, 6) is 1.32. The smallest absolute Gasteiger partial charge is 0.262 e. The molecule has 0 saturated carbocycles. The molecule has 0 amide bonds. The third kappa shape index (κ3) is 3.26. The molecule has 148 valence electrons. The average molecular weight is 423 g/mol. The molecule has 0 aliphatic heterocycles. The Morgan fingerprint density at radius 1 is 1.21 bits per heavy atom. The number of thiophene rings is 1. The van der Waals surface area contributed by atoms with Gasteiger partial charge >= 0.3 is 0 Å². The zero-order valence-corrected chi connectivity index (χ0v) is 18.4. The first-order valence-corrected chi connectivity index (χ1v) is 11.7. The van der Waals surface area contributed by atoms with E-state index in [9.17, 15) is 4.79 Å². The third-order valence-electron chi connectivity index (χ3n) is 5.68. The largest absolute Gasteiger partial charge is 0.290 e. The third-order valence-corrected chi connectivity index (χ3v) is 7.87. The molecule has 3 heterocycles. The number of thioether (sulfide) groups is 1. The van der Waals surface area contributed by atoms with Gasteiger partial charge in [0.25, 0.3) is 5.56 Å². The summed E-state index contributed by atoms with van der Waals surface area (Å²) in [4.78, 5) is 29.6. The van der Waals surface area contributed by atoms with E-state index in [1.54, 1.807) is 27.7 Å². The van der Waals surface area contributed by atoms with Gasteiger partial charge in [0.05, 0.1) is 27.8 Å². The van der Waals surface area contributed by atoms with E-state index in [-0.39, 0.29) is 5.56 Å². The second-order valence-corrected chi connectivity index (χ2v) is 9.85. The van der Waals surface area contributed by atoms with Crippen molar-refractivity contribution >= 4 is 44.3 Å². The summed E-state index contributed by atoms with van der Waals surface area (Å²) in [5, 5.41) is 1.58. The Hall–Kier alpha value is -2.25. The fourth-order valence-corrected chi connectivity index (χ4v) is 6.38. The molecule has 4 aromatic rings. The van der Waals surface area contributed by atoms with E-state index >= 15 is 0 Å². The quantitative estimate of drug-likeness (QED) is 0.355. The maximum absolute atomic E-state index is 13.1. The molecule has 7 heteroatoms. The standard InChI is InChI=1S/C22H22N4OS2/c1-12-8-9-14-18(10-12)29-20-19(14)21(27)26(3)22(25-20)28-11-17-13(2)23-15-6-4-5-7-16(15)24-17/h4-7,12H,8-11H2,1-3H3/t12-/m1/s1. The molecular weight excluding hydrogens is 400 g/mol. The van der Waals surface area contributed by atoms with E-state index in [4.69, 9.17) is 9.97 Å². The number of para-hydroxylation sites is 2. The number of rotatable bonds is 3. The molecule has 0 N–H and O–H groups in total. The van der Waals surface area contributed by atoms with E-state index < -0.39 is 0 Å². The second kappa shape index (κ2) is 7.22. The molecular formula is C22H22N4OS2. The van der Waals surface area contributed by atoms with Gasteiger partial charge in [-0.05, 0) is 49.8 Å². The van der Waals surface area contributed by atoms with Crippen LogP contribution in [0.5, 0.6) is 0 Å². The molecule has 1 aliphatic carbocycles. The fraction of sp³-hybridized carbons (Fsp3) is 0.364. The maximum Gasteiger partial charge on any atom is 0.262 e. The number of fused-ring (bicyclic) bond motifs is 4. The topological polar surface area (TPSA) is 60.7 Å². The van der Waals surface area contributed by atoms with Crippen LogP contribution in [0.4, 0.5) is 0 Å². The Labute approximate surface area is 177 Å². The lowest BCUT2D eigenvalue weighted by Crippen LogP contribution is -2.21. The molecule has 29 heavy (non-hydrogen) atoms. The molecule has 1 atom stereocenters. The summed E-state index contributed by atoms with van der Waals surface area (Å²) < 4.78 is 1.70. The van der Waals surface area contributed by atoms with Crippen molar-refractivity contribution in [3.8, 4) is 0 Å². The predicted molar refractivity (Wildman–Crippen MR) is 120 cm³/mol. The van der Waals surface area contributed by atoms with E-state index in [0.29, 0.717) is 11.7 Å². The number of hydrogen-bond donors (Lipinski definition) is 0. The summed E-state index contributed by atoms with van der Waals surface area (Å²) in [6.45, 7) is 4.27. The number of benzene rings is 1. The summed E-state index contributed by atoms with van der Waals surface area (Å²) >= 11 is 3.26. The number of aromatic nitrogens is 4. The van der Waals surface area contributed by atoms with Crippen LogP contribution in [-0.2, 0) is 25.6 Å². The molecule has 0 fully saturated rings. The van der Waals surface area contributed by atoms with Crippen LogP contribution < -0.4 is 5.56 Å². The Kier molecular flexibility index (Phi) is 4.67. The van der Waals surface area contributed by atoms with Gasteiger partial charge in [0, 0.05) is 17.7 Å². The first-order chi connectivity index (χ1) is 14.0. The minimum Gasteiger partial charge on any atom is -0.290 e. The Balaban J connectivity index is 1.50. The van der Waals surface area contributed by atoms with E-state index in [1.165, 1.54) is 10.4 Å². The van der Waals surface area contributed by atoms with E-state index in [0.717, 1.165) is 57.1 Å². The van der Waals surface area contributed by atoms with Crippen LogP contribution in [0.3, 0.4) is 0 Å². The molecule has 1 aliphatic rings. The lowest BCUT2D eigenvalue weighted by molar-refractivity contribution is 0.509. The highest BCUT2D eigenvalue weighted by Gasteiger charge is 2.24. The van der Waals surface area contributed by atoms with Gasteiger partial charge in [-0.2, -0.15) is 0 Å². The molecule has 0 unspecified atom stereocenters. The van der Waals surface area contributed by atoms with Crippen molar-refractivity contribution in [2.75, 3.05) is 0 Å². The predicted octanol–water partition coefficient (Wildman–Crippen LogP) is 4.66. The number of hydrogen-bond acceptors (Lipinski definition) is 6. The zero-order valence-electron chi connectivity index (χ0n) is 16.7. The molecule has 1 aromatic carbocycles. The zero-order chi connectivity index (χ0) is 20.1. The van der Waals surface area contributed by atoms with Gasteiger partial charge < -0.3 is 0 Å². The Bertz CT molecular complexity index is 1310. The number of nitrogens with zero attached hydrogens (tertiary/aromatic N) is 4. The van der Waals surface area contributed by atoms with Crippen molar-refractivity contribution in [2.45, 2.75) is 44.0 Å². The maximum atomic E-state index is 13.1. The van der Waals surface area contributed by atoms with E-state index in [2.05, 4.69) is 11.9 Å². The fourth-order valence-electron chi connectivity index (χ4n) is 3.98. The Morgan fingerprint density at radius 2 is 1.97 bits per heavy atom. The highest BCUT2D eigenvalue weighted by atomic mass is 32.2. The highest BCUT2D eigenvalue weighted by molar-refractivity contribution is 7.98. The van der Waals surface area contributed by atoms with Crippen LogP contribution >= 0.6 is 23.1 Å². The van der Waals surface area contributed by atoms with Crippen molar-refractivity contribution in [1.82, 2.24) is 19.5 Å². The van der Waals surface area contributed by atoms with Crippen LogP contribution in [0, 0.1) is 12.8 Å². The SMILES string of the molecule is Cc1nc2ccccc2nc1CSc1nc2sc3c(c2c(=O)n1C)CC[C@@H](C)C3. The minimum absolute atomic E-state index is 0.0749. The Morgan fingerprint density at radius 3 is 2.76 bits per heavy atom. The second-order valence-electron chi connectivity index (χ2n) is 7.82. The van der Waals surface area contributed by atoms with Crippen LogP contribution in [0.2, 0.25) is 0 Å². The molecule has 5 rings (SSSR count). The highest BCUT2D eigenvalue weighted by Crippen LogP contribution is 2.36. The van der Waals surface area contributed by atoms with E-state index in [1.807, 2.05) is 38.2 Å². The molecule has 0 bridgehead atoms. The lowest BCUT2D eigenvalue weighted by atomic mass is 9.89. The summed E-state index contributed by atoms with van der Waals surface area (Å²) in [6, 6.07) is 7.90. The summed E-state index contributed by atoms with van der Waals surface area (Å²) in [5.41, 5.74) is 4.97. The van der Waals surface area contributed by atoms with Gasteiger partial charge in [0.1, 0.15) is 4.83 Å². The summed E-state index contributed by atoms with van der Waals surface area (Å²) in [7, 11) is 1.82. The summed E-state index contributed by atoms with van der Waals surface area (Å²) in [6.07, 6.45) is 3.21. The van der Waals surface area contributed by atoms with Gasteiger partial charge in [-0.15, -0.1) is 11.3 Å². The van der Waals surface area contributed by atoms with Gasteiger partial charge in [0.2, 0.25) is 0 Å². The van der Waals surface area contributed by atoms with Gasteiger partial charge in [0.15, 0.2) is 5.16 Å². The lowest BCUT2D eigenvalue weighted by Gasteiger charge is -2.17. The van der Waals surface area contributed by atoms with Gasteiger partial charge in [-0.1, -0.05) is 30.8 Å².